The lowest BCUT2D eigenvalue weighted by Crippen LogP contribution is -2.54. The van der Waals surface area contributed by atoms with Crippen LogP contribution in [0.2, 0.25) is 0 Å². The molecule has 1 aliphatic rings. The number of amides is 1. The molecule has 0 spiro atoms. The molecule has 1 amide bonds. The fourth-order valence-corrected chi connectivity index (χ4v) is 3.50. The van der Waals surface area contributed by atoms with Crippen LogP contribution in [0.5, 0.6) is 0 Å². The number of nitrogens with zero attached hydrogens (tertiary/aromatic N) is 4. The Labute approximate surface area is 176 Å². The number of rotatable bonds is 7. The number of nitrogens with one attached hydrogen (secondary N) is 1. The number of halogens is 1. The Bertz CT molecular complexity index is 982. The molecule has 1 aliphatic heterocycles. The highest BCUT2D eigenvalue weighted by Crippen LogP contribution is 2.15. The van der Waals surface area contributed by atoms with Crippen molar-refractivity contribution < 1.29 is 13.2 Å². The van der Waals surface area contributed by atoms with Gasteiger partial charge in [0.1, 0.15) is 5.16 Å². The van der Waals surface area contributed by atoms with Crippen molar-refractivity contribution >= 4 is 39.0 Å². The van der Waals surface area contributed by atoms with Crippen molar-refractivity contribution in [2.75, 3.05) is 12.3 Å². The van der Waals surface area contributed by atoms with Crippen LogP contribution in [0, 0.1) is 0 Å². The van der Waals surface area contributed by atoms with Gasteiger partial charge in [-0.15, -0.1) is 0 Å². The maximum absolute atomic E-state index is 12.9. The summed E-state index contributed by atoms with van der Waals surface area (Å²) < 4.78 is 23.7. The average molecular weight is 438 g/mol. The number of aromatic nitrogens is 1. The van der Waals surface area contributed by atoms with E-state index in [1.165, 1.54) is 17.2 Å². The van der Waals surface area contributed by atoms with E-state index in [1.54, 1.807) is 26.0 Å². The lowest BCUT2D eigenvalue weighted by Gasteiger charge is -2.31. The fourth-order valence-electron chi connectivity index (χ4n) is 2.60. The van der Waals surface area contributed by atoms with Crippen LogP contribution < -0.4 is 5.32 Å². The van der Waals surface area contributed by atoms with Crippen molar-refractivity contribution in [3.05, 3.63) is 47.5 Å². The molecule has 10 heteroatoms. The third kappa shape index (κ3) is 5.51. The van der Waals surface area contributed by atoms with E-state index >= 15 is 0 Å². The number of allylic oxidation sites excluding steroid dienone is 1. The summed E-state index contributed by atoms with van der Waals surface area (Å²) in [4.78, 5) is 27.2. The Kier molecular flexibility index (Phi) is 7.69. The summed E-state index contributed by atoms with van der Waals surface area (Å²) in [5.74, 6) is 0.217. The van der Waals surface area contributed by atoms with Crippen LogP contribution in [-0.2, 0) is 21.2 Å². The first-order valence-corrected chi connectivity index (χ1v) is 11.2. The van der Waals surface area contributed by atoms with Gasteiger partial charge in [-0.2, -0.15) is 0 Å². The van der Waals surface area contributed by atoms with Gasteiger partial charge in [-0.05, 0) is 25.5 Å². The molecule has 0 aliphatic carbocycles. The molecule has 1 fully saturated rings. The van der Waals surface area contributed by atoms with Gasteiger partial charge in [-0.3, -0.25) is 19.7 Å². The second-order valence-corrected chi connectivity index (χ2v) is 8.86. The minimum absolute atomic E-state index is 0.00670. The Balaban J connectivity index is 2.29. The van der Waals surface area contributed by atoms with Crippen molar-refractivity contribution in [3.63, 3.8) is 0 Å². The summed E-state index contributed by atoms with van der Waals surface area (Å²) in [6.45, 7) is 9.46. The number of carbonyl (C=O) groups is 1. The number of aliphatic imine (C=N–C) groups is 2. The molecular weight excluding hydrogens is 414 g/mol. The zero-order valence-corrected chi connectivity index (χ0v) is 18.2. The molecule has 29 heavy (non-hydrogen) atoms. The van der Waals surface area contributed by atoms with Gasteiger partial charge >= 0.3 is 0 Å². The van der Waals surface area contributed by atoms with E-state index < -0.39 is 9.84 Å². The van der Waals surface area contributed by atoms with Gasteiger partial charge in [0.15, 0.2) is 21.5 Å². The van der Waals surface area contributed by atoms with E-state index in [2.05, 4.69) is 26.9 Å². The van der Waals surface area contributed by atoms with Crippen molar-refractivity contribution in [2.24, 2.45) is 9.98 Å². The monoisotopic (exact) mass is 437 g/mol. The van der Waals surface area contributed by atoms with Gasteiger partial charge in [0.05, 0.1) is 28.6 Å². The lowest BCUT2D eigenvalue weighted by molar-refractivity contribution is -0.121. The Morgan fingerprint density at radius 3 is 2.62 bits per heavy atom. The van der Waals surface area contributed by atoms with Crippen molar-refractivity contribution in [2.45, 2.75) is 38.6 Å². The molecule has 2 rings (SSSR count). The minimum Gasteiger partial charge on any atom is -0.333 e. The van der Waals surface area contributed by atoms with Crippen LogP contribution in [0.4, 0.5) is 0 Å². The molecule has 0 aromatic carbocycles. The van der Waals surface area contributed by atoms with Gasteiger partial charge in [-0.1, -0.05) is 38.1 Å². The number of pyridine rings is 1. The first kappa shape index (κ1) is 22.8. The molecule has 1 aromatic rings. The van der Waals surface area contributed by atoms with Crippen LogP contribution in [-0.4, -0.2) is 48.2 Å². The third-order valence-electron chi connectivity index (χ3n) is 4.10. The number of amidine groups is 2. The Morgan fingerprint density at radius 2 is 2.10 bits per heavy atom. The third-order valence-corrected chi connectivity index (χ3v) is 5.90. The molecule has 0 unspecified atom stereocenters. The van der Waals surface area contributed by atoms with Crippen LogP contribution in [0.1, 0.15) is 32.9 Å². The number of hydrogen-bond acceptors (Lipinski definition) is 6. The second-order valence-electron chi connectivity index (χ2n) is 6.15. The maximum atomic E-state index is 12.9. The van der Waals surface area contributed by atoms with E-state index in [0.717, 1.165) is 6.42 Å². The SMILES string of the molecule is C=C(Cl)N=C1/C(=C\C)NC(=NCc2ccc(S(=O)(=O)CC)cn2)C(=O)N1CCC. The molecule has 0 saturated carbocycles. The minimum atomic E-state index is -3.31. The smallest absolute Gasteiger partial charge is 0.294 e. The van der Waals surface area contributed by atoms with Crippen molar-refractivity contribution in [1.82, 2.24) is 15.2 Å². The quantitative estimate of drug-likeness (QED) is 0.660. The summed E-state index contributed by atoms with van der Waals surface area (Å²) in [5.41, 5.74) is 1.13. The van der Waals surface area contributed by atoms with Crippen LogP contribution in [0.15, 0.2) is 56.7 Å². The maximum Gasteiger partial charge on any atom is 0.294 e. The molecule has 1 N–H and O–H groups in total. The molecule has 0 bridgehead atoms. The van der Waals surface area contributed by atoms with E-state index in [9.17, 15) is 13.2 Å². The standard InChI is InChI=1S/C19H24ClN5O3S/c1-5-10-25-18(23-13(4)20)16(6-2)24-17(19(25)26)22-11-14-8-9-15(12-21-14)29(27,28)7-3/h6,8-9,12H,4-5,7,10-11H2,1-3H3,(H,22,24)/b16-6+,23-18?. The molecule has 8 nitrogen and oxygen atoms in total. The van der Waals surface area contributed by atoms with Crippen LogP contribution in [0.25, 0.3) is 0 Å². The molecule has 1 aromatic heterocycles. The first-order valence-electron chi connectivity index (χ1n) is 9.14. The zero-order valence-electron chi connectivity index (χ0n) is 16.6. The highest BCUT2D eigenvalue weighted by atomic mass is 35.5. The van der Waals surface area contributed by atoms with Crippen LogP contribution in [0.3, 0.4) is 0 Å². The van der Waals surface area contributed by atoms with Gasteiger partial charge in [0, 0.05) is 12.7 Å². The highest BCUT2D eigenvalue weighted by Gasteiger charge is 2.32. The number of hydrogen-bond donors (Lipinski definition) is 1. The first-order chi connectivity index (χ1) is 13.7. The summed E-state index contributed by atoms with van der Waals surface area (Å²) >= 11 is 5.82. The molecular formula is C19H24ClN5O3S. The van der Waals surface area contributed by atoms with Gasteiger partial charge in [0.25, 0.3) is 5.91 Å². The topological polar surface area (TPSA) is 104 Å². The largest absolute Gasteiger partial charge is 0.333 e. The van der Waals surface area contributed by atoms with Gasteiger partial charge in [0.2, 0.25) is 0 Å². The van der Waals surface area contributed by atoms with Crippen LogP contribution >= 0.6 is 11.6 Å². The average Bonchev–Trinajstić information content (AvgIpc) is 2.70. The summed E-state index contributed by atoms with van der Waals surface area (Å²) in [7, 11) is -3.31. The zero-order chi connectivity index (χ0) is 21.6. The van der Waals surface area contributed by atoms with Crippen molar-refractivity contribution in [3.8, 4) is 0 Å². The predicted octanol–water partition coefficient (Wildman–Crippen LogP) is 2.63. The van der Waals surface area contributed by atoms with E-state index in [4.69, 9.17) is 11.6 Å². The molecule has 2 heterocycles. The van der Waals surface area contributed by atoms with Gasteiger partial charge in [-0.25, -0.2) is 13.4 Å². The highest BCUT2D eigenvalue weighted by molar-refractivity contribution is 7.91. The summed E-state index contributed by atoms with van der Waals surface area (Å²) in [5, 5.41) is 3.05. The predicted molar refractivity (Wildman–Crippen MR) is 114 cm³/mol. The van der Waals surface area contributed by atoms with E-state index in [-0.39, 0.29) is 34.1 Å². The molecule has 0 atom stereocenters. The number of carbonyl (C=O) groups excluding carboxylic acids is 1. The normalized spacial score (nSPS) is 19.1. The van der Waals surface area contributed by atoms with E-state index in [1.807, 2.05) is 6.92 Å². The van der Waals surface area contributed by atoms with E-state index in [0.29, 0.717) is 23.8 Å². The molecule has 1 saturated heterocycles. The summed E-state index contributed by atoms with van der Waals surface area (Å²) in [6.07, 6.45) is 3.80. The lowest BCUT2D eigenvalue weighted by atomic mass is 10.2. The second kappa shape index (κ2) is 9.80. The molecule has 156 valence electrons. The molecule has 0 radical (unpaired) electrons. The fraction of sp³-hybridized carbons (Fsp3) is 0.368. The van der Waals surface area contributed by atoms with Crippen molar-refractivity contribution in [1.29, 1.82) is 0 Å². The number of sulfone groups is 1. The summed E-state index contributed by atoms with van der Waals surface area (Å²) in [6, 6.07) is 3.08. The Morgan fingerprint density at radius 1 is 1.38 bits per heavy atom. The van der Waals surface area contributed by atoms with Gasteiger partial charge < -0.3 is 5.32 Å². The Hall–Kier alpha value is -2.52. The number of piperazine rings is 1.